The molecule has 3 heteroatoms. The molecule has 0 bridgehead atoms. The highest BCUT2D eigenvalue weighted by molar-refractivity contribution is 6.30. The van der Waals surface area contributed by atoms with E-state index in [1.165, 1.54) is 42.4 Å². The fourth-order valence-corrected chi connectivity index (χ4v) is 4.02. The Labute approximate surface area is 165 Å². The van der Waals surface area contributed by atoms with Gasteiger partial charge in [0.05, 0.1) is 0 Å². The molecule has 3 aromatic carbocycles. The first-order chi connectivity index (χ1) is 13.2. The Bertz CT molecular complexity index is 925. The predicted molar refractivity (Wildman–Crippen MR) is 112 cm³/mol. The van der Waals surface area contributed by atoms with Gasteiger partial charge in [0, 0.05) is 16.3 Å². The van der Waals surface area contributed by atoms with Crippen LogP contribution in [0.2, 0.25) is 5.02 Å². The quantitative estimate of drug-likeness (QED) is 0.527. The van der Waals surface area contributed by atoms with E-state index >= 15 is 0 Å². The van der Waals surface area contributed by atoms with Crippen molar-refractivity contribution in [3.63, 3.8) is 0 Å². The number of carbonyl (C=O) groups is 1. The number of carbonyl (C=O) groups excluding carboxylic acids is 1. The Morgan fingerprint density at radius 1 is 0.852 bits per heavy atom. The zero-order valence-electron chi connectivity index (χ0n) is 15.1. The second-order valence-electron chi connectivity index (χ2n) is 7.11. The molecular formula is C24H22ClNO. The molecule has 0 atom stereocenters. The number of hydrogen-bond acceptors (Lipinski definition) is 1. The van der Waals surface area contributed by atoms with E-state index in [1.807, 2.05) is 12.1 Å². The van der Waals surface area contributed by atoms with Crippen molar-refractivity contribution in [3.8, 4) is 11.1 Å². The number of hydrogen-bond donors (Lipinski definition) is 1. The summed E-state index contributed by atoms with van der Waals surface area (Å²) < 4.78 is 0. The summed E-state index contributed by atoms with van der Waals surface area (Å²) in [5, 5.41) is 3.57. The van der Waals surface area contributed by atoms with Crippen LogP contribution in [0.4, 0.5) is 5.69 Å². The van der Waals surface area contributed by atoms with E-state index in [0.717, 1.165) is 5.69 Å². The van der Waals surface area contributed by atoms with Crippen LogP contribution in [0.5, 0.6) is 0 Å². The molecule has 0 spiro atoms. The van der Waals surface area contributed by atoms with Crippen molar-refractivity contribution in [2.24, 2.45) is 0 Å². The monoisotopic (exact) mass is 375 g/mol. The first-order valence-corrected chi connectivity index (χ1v) is 9.85. The molecule has 2 nitrogen and oxygen atoms in total. The fraction of sp³-hybridized carbons (Fsp3) is 0.208. The second kappa shape index (κ2) is 7.98. The van der Waals surface area contributed by atoms with Crippen molar-refractivity contribution in [2.45, 2.75) is 31.6 Å². The van der Waals surface area contributed by atoms with E-state index in [0.29, 0.717) is 16.5 Å². The molecule has 0 radical (unpaired) electrons. The summed E-state index contributed by atoms with van der Waals surface area (Å²) in [6.45, 7) is 0. The van der Waals surface area contributed by atoms with Gasteiger partial charge < -0.3 is 5.32 Å². The number of halogens is 1. The molecular weight excluding hydrogens is 354 g/mol. The average Bonchev–Trinajstić information content (AvgIpc) is 3.24. The van der Waals surface area contributed by atoms with Crippen LogP contribution in [-0.2, 0) is 0 Å². The highest BCUT2D eigenvalue weighted by atomic mass is 35.5. The normalized spacial score (nSPS) is 14.3. The van der Waals surface area contributed by atoms with E-state index in [2.05, 4.69) is 41.7 Å². The Morgan fingerprint density at radius 3 is 2.22 bits per heavy atom. The lowest BCUT2D eigenvalue weighted by Crippen LogP contribution is -2.11. The van der Waals surface area contributed by atoms with Crippen LogP contribution in [-0.4, -0.2) is 5.91 Å². The van der Waals surface area contributed by atoms with Gasteiger partial charge in [0.1, 0.15) is 0 Å². The summed E-state index contributed by atoms with van der Waals surface area (Å²) in [7, 11) is 0. The van der Waals surface area contributed by atoms with E-state index in [9.17, 15) is 4.79 Å². The fourth-order valence-electron chi connectivity index (χ4n) is 3.89. The predicted octanol–water partition coefficient (Wildman–Crippen LogP) is 6.92. The zero-order chi connectivity index (χ0) is 18.6. The molecule has 1 amide bonds. The minimum absolute atomic E-state index is 0.134. The number of benzene rings is 3. The van der Waals surface area contributed by atoms with Crippen molar-refractivity contribution < 1.29 is 4.79 Å². The molecule has 0 unspecified atom stereocenters. The third kappa shape index (κ3) is 4.06. The topological polar surface area (TPSA) is 29.1 Å². The van der Waals surface area contributed by atoms with Gasteiger partial charge in [-0.1, -0.05) is 60.8 Å². The maximum atomic E-state index is 12.4. The lowest BCUT2D eigenvalue weighted by atomic mass is 9.89. The van der Waals surface area contributed by atoms with Gasteiger partial charge in [-0.15, -0.1) is 0 Å². The van der Waals surface area contributed by atoms with Gasteiger partial charge in [0.2, 0.25) is 0 Å². The molecule has 3 aromatic rings. The van der Waals surface area contributed by atoms with Gasteiger partial charge in [-0.05, 0) is 71.8 Å². The SMILES string of the molecule is O=C(Nc1ccc(-c2ccccc2C2CCCC2)cc1)c1ccc(Cl)cc1. The minimum atomic E-state index is -0.134. The molecule has 136 valence electrons. The molecule has 1 aliphatic rings. The van der Waals surface area contributed by atoms with Gasteiger partial charge in [0.25, 0.3) is 5.91 Å². The maximum absolute atomic E-state index is 12.4. The Kier molecular flexibility index (Phi) is 5.26. The zero-order valence-corrected chi connectivity index (χ0v) is 15.9. The molecule has 1 saturated carbocycles. The number of amides is 1. The van der Waals surface area contributed by atoms with Crippen LogP contribution in [0, 0.1) is 0 Å². The summed E-state index contributed by atoms with van der Waals surface area (Å²) in [6, 6.07) is 23.7. The van der Waals surface area contributed by atoms with Crippen molar-refractivity contribution >= 4 is 23.2 Å². The third-order valence-electron chi connectivity index (χ3n) is 5.32. The molecule has 0 heterocycles. The third-order valence-corrected chi connectivity index (χ3v) is 5.57. The minimum Gasteiger partial charge on any atom is -0.322 e. The van der Waals surface area contributed by atoms with Crippen molar-refractivity contribution in [1.29, 1.82) is 0 Å². The van der Waals surface area contributed by atoms with Crippen molar-refractivity contribution in [1.82, 2.24) is 0 Å². The van der Waals surface area contributed by atoms with Gasteiger partial charge in [-0.2, -0.15) is 0 Å². The van der Waals surface area contributed by atoms with E-state index in [1.54, 1.807) is 24.3 Å². The molecule has 1 N–H and O–H groups in total. The molecule has 1 fully saturated rings. The molecule has 0 saturated heterocycles. The molecule has 1 aliphatic carbocycles. The summed E-state index contributed by atoms with van der Waals surface area (Å²) in [5.74, 6) is 0.538. The average molecular weight is 376 g/mol. The van der Waals surface area contributed by atoms with Crippen molar-refractivity contribution in [3.05, 3.63) is 88.9 Å². The van der Waals surface area contributed by atoms with Gasteiger partial charge in [0.15, 0.2) is 0 Å². The highest BCUT2D eigenvalue weighted by Gasteiger charge is 2.20. The molecule has 0 aliphatic heterocycles. The largest absolute Gasteiger partial charge is 0.322 e. The van der Waals surface area contributed by atoms with Gasteiger partial charge in [-0.3, -0.25) is 4.79 Å². The Morgan fingerprint density at radius 2 is 1.52 bits per heavy atom. The summed E-state index contributed by atoms with van der Waals surface area (Å²) in [6.07, 6.45) is 5.22. The summed E-state index contributed by atoms with van der Waals surface area (Å²) in [5.41, 5.74) is 5.34. The van der Waals surface area contributed by atoms with Crippen molar-refractivity contribution in [2.75, 3.05) is 5.32 Å². The molecule has 0 aromatic heterocycles. The van der Waals surface area contributed by atoms with Crippen LogP contribution in [0.3, 0.4) is 0 Å². The number of anilines is 1. The van der Waals surface area contributed by atoms with Crippen LogP contribution in [0.15, 0.2) is 72.8 Å². The van der Waals surface area contributed by atoms with E-state index < -0.39 is 0 Å². The first kappa shape index (κ1) is 17.8. The second-order valence-corrected chi connectivity index (χ2v) is 7.54. The molecule has 27 heavy (non-hydrogen) atoms. The van der Waals surface area contributed by atoms with Crippen LogP contribution in [0.1, 0.15) is 47.5 Å². The highest BCUT2D eigenvalue weighted by Crippen LogP contribution is 2.39. The number of rotatable bonds is 4. The van der Waals surface area contributed by atoms with E-state index in [4.69, 9.17) is 11.6 Å². The summed E-state index contributed by atoms with van der Waals surface area (Å²) in [4.78, 5) is 12.4. The number of nitrogens with one attached hydrogen (secondary N) is 1. The van der Waals surface area contributed by atoms with Crippen LogP contribution >= 0.6 is 11.6 Å². The lowest BCUT2D eigenvalue weighted by Gasteiger charge is -2.16. The van der Waals surface area contributed by atoms with Gasteiger partial charge in [-0.25, -0.2) is 0 Å². The maximum Gasteiger partial charge on any atom is 0.255 e. The smallest absolute Gasteiger partial charge is 0.255 e. The summed E-state index contributed by atoms with van der Waals surface area (Å²) >= 11 is 5.88. The Hall–Kier alpha value is -2.58. The first-order valence-electron chi connectivity index (χ1n) is 9.47. The standard InChI is InChI=1S/C24H22ClNO/c25-20-13-9-19(10-14-20)24(27)26-21-15-11-18(12-16-21)23-8-4-3-7-22(23)17-5-1-2-6-17/h3-4,7-17H,1-2,5-6H2,(H,26,27). The van der Waals surface area contributed by atoms with Crippen LogP contribution in [0.25, 0.3) is 11.1 Å². The Balaban J connectivity index is 1.53. The van der Waals surface area contributed by atoms with E-state index in [-0.39, 0.29) is 5.91 Å². The lowest BCUT2D eigenvalue weighted by molar-refractivity contribution is 0.102. The molecule has 4 rings (SSSR count). The van der Waals surface area contributed by atoms with Crippen LogP contribution < -0.4 is 5.32 Å². The van der Waals surface area contributed by atoms with Gasteiger partial charge >= 0.3 is 0 Å².